The van der Waals surface area contributed by atoms with E-state index >= 15 is 0 Å². The number of carbonyl (C=O) groups excluding carboxylic acids is 3. The van der Waals surface area contributed by atoms with E-state index < -0.39 is 33.5 Å². The molecule has 0 bridgehead atoms. The number of amides is 1. The van der Waals surface area contributed by atoms with Gasteiger partial charge in [0.1, 0.15) is 10.0 Å². The van der Waals surface area contributed by atoms with E-state index in [2.05, 4.69) is 10.0 Å². The molecule has 0 unspecified atom stereocenters. The molecule has 1 fully saturated rings. The molecule has 0 radical (unpaired) electrons. The molecule has 1 saturated heterocycles. The number of nitrogens with zero attached hydrogens (tertiary/aromatic N) is 1. The van der Waals surface area contributed by atoms with Gasteiger partial charge in [0.15, 0.2) is 5.60 Å². The normalized spacial score (nSPS) is 24.6. The average molecular weight is 417 g/mol. The van der Waals surface area contributed by atoms with Gasteiger partial charge in [0, 0.05) is 17.4 Å². The summed E-state index contributed by atoms with van der Waals surface area (Å²) in [7, 11) is -4.07. The van der Waals surface area contributed by atoms with Gasteiger partial charge >= 0.3 is 0 Å². The number of allylic oxidation sites excluding steroid dienone is 1. The van der Waals surface area contributed by atoms with E-state index in [1.807, 2.05) is 6.92 Å². The highest BCUT2D eigenvalue weighted by molar-refractivity contribution is 7.94. The molecule has 1 aliphatic heterocycles. The fourth-order valence-corrected chi connectivity index (χ4v) is 4.47. The third-order valence-corrected chi connectivity index (χ3v) is 6.51. The molecule has 1 aromatic rings. The van der Waals surface area contributed by atoms with Crippen molar-refractivity contribution in [3.05, 3.63) is 57.5 Å². The lowest BCUT2D eigenvalue weighted by Gasteiger charge is -2.32. The van der Waals surface area contributed by atoms with E-state index in [9.17, 15) is 22.8 Å². The van der Waals surface area contributed by atoms with Gasteiger partial charge in [-0.3, -0.25) is 14.4 Å². The van der Waals surface area contributed by atoms with Crippen LogP contribution in [0.3, 0.4) is 0 Å². The molecular weight excluding hydrogens is 396 g/mol. The van der Waals surface area contributed by atoms with Crippen LogP contribution in [0.5, 0.6) is 0 Å². The van der Waals surface area contributed by atoms with E-state index in [4.69, 9.17) is 4.74 Å². The molecule has 1 N–H and O–H groups in total. The molecule has 2 atom stereocenters. The van der Waals surface area contributed by atoms with Crippen molar-refractivity contribution >= 4 is 27.7 Å². The zero-order valence-electron chi connectivity index (χ0n) is 16.5. The second-order valence-corrected chi connectivity index (χ2v) is 8.87. The second kappa shape index (κ2) is 7.23. The molecule has 1 heterocycles. The Morgan fingerprint density at radius 2 is 1.79 bits per heavy atom. The van der Waals surface area contributed by atoms with Crippen LogP contribution in [0.25, 0.3) is 4.72 Å². The summed E-state index contributed by atoms with van der Waals surface area (Å²) >= 11 is 0. The molecule has 1 aromatic carbocycles. The molecule has 2 aliphatic rings. The first-order chi connectivity index (χ1) is 13.4. The molecule has 1 aliphatic carbocycles. The van der Waals surface area contributed by atoms with Crippen molar-refractivity contribution in [3.8, 4) is 0 Å². The third-order valence-electron chi connectivity index (χ3n) is 5.11. The first kappa shape index (κ1) is 20.9. The van der Waals surface area contributed by atoms with Crippen LogP contribution in [0.15, 0.2) is 52.1 Å². The van der Waals surface area contributed by atoms with Crippen molar-refractivity contribution in [2.75, 3.05) is 0 Å². The van der Waals surface area contributed by atoms with Crippen LogP contribution < -0.4 is 5.32 Å². The number of Topliss-reactive ketones (excluding diaryl/α,β-unsaturated/α-hetero) is 1. The Labute approximate surface area is 169 Å². The van der Waals surface area contributed by atoms with Crippen LogP contribution in [0.4, 0.5) is 0 Å². The molecule has 0 saturated carbocycles. The van der Waals surface area contributed by atoms with Crippen molar-refractivity contribution in [3.63, 3.8) is 0 Å². The number of ketones is 1. The van der Waals surface area contributed by atoms with Crippen molar-refractivity contribution < 1.29 is 27.5 Å². The Morgan fingerprint density at radius 1 is 1.17 bits per heavy atom. The summed E-state index contributed by atoms with van der Waals surface area (Å²) in [6, 6.07) is 4.87. The average Bonchev–Trinajstić information content (AvgIpc) is 2.93. The molecule has 1 amide bonds. The number of rotatable bonds is 4. The zero-order chi connectivity index (χ0) is 21.6. The number of ether oxygens (including phenoxy) is 1. The maximum absolute atomic E-state index is 12.6. The minimum Gasteiger partial charge on any atom is -0.533 e. The summed E-state index contributed by atoms with van der Waals surface area (Å²) in [5.74, 6) is -1.63. The number of hydrogen-bond acceptors (Lipinski definition) is 6. The van der Waals surface area contributed by atoms with Gasteiger partial charge in [-0.05, 0) is 57.0 Å². The highest BCUT2D eigenvalue weighted by Crippen LogP contribution is 2.43. The summed E-state index contributed by atoms with van der Waals surface area (Å²) < 4.78 is 34.5. The van der Waals surface area contributed by atoms with Gasteiger partial charge in [0.25, 0.3) is 5.97 Å². The number of nitrogens with one attached hydrogen (secondary N) is 1. The Hall–Kier alpha value is -2.78. The Kier molecular flexibility index (Phi) is 5.22. The highest BCUT2D eigenvalue weighted by atomic mass is 32.2. The van der Waals surface area contributed by atoms with Gasteiger partial charge in [0.05, 0.1) is 5.70 Å². The van der Waals surface area contributed by atoms with Crippen LogP contribution in [-0.2, 0) is 29.1 Å². The molecule has 3 rings (SSSR count). The minimum atomic E-state index is -4.07. The predicted molar refractivity (Wildman–Crippen MR) is 104 cm³/mol. The number of benzene rings is 1. The Bertz CT molecular complexity index is 1070. The zero-order valence-corrected chi connectivity index (χ0v) is 17.3. The van der Waals surface area contributed by atoms with Gasteiger partial charge in [-0.2, -0.15) is 0 Å². The van der Waals surface area contributed by atoms with E-state index in [1.54, 1.807) is 26.0 Å². The Morgan fingerprint density at radius 3 is 2.38 bits per heavy atom. The molecule has 0 aromatic heterocycles. The lowest BCUT2D eigenvalue weighted by Crippen LogP contribution is -2.38. The van der Waals surface area contributed by atoms with Crippen LogP contribution in [0, 0.1) is 6.92 Å². The van der Waals surface area contributed by atoms with Gasteiger partial charge < -0.3 is 14.8 Å². The number of carbonyl (C=O) groups is 3. The smallest absolute Gasteiger partial charge is 0.290 e. The highest BCUT2D eigenvalue weighted by Gasteiger charge is 2.47. The molecule has 1 spiro atoms. The van der Waals surface area contributed by atoms with E-state index in [0.717, 1.165) is 5.56 Å². The number of sulfonamides is 1. The van der Waals surface area contributed by atoms with Crippen molar-refractivity contribution in [1.82, 2.24) is 5.32 Å². The summed E-state index contributed by atoms with van der Waals surface area (Å²) in [4.78, 5) is 36.3. The number of aryl methyl sites for hydroxylation is 1. The van der Waals surface area contributed by atoms with E-state index in [-0.39, 0.29) is 22.8 Å². The Balaban J connectivity index is 1.92. The number of esters is 1. The lowest BCUT2D eigenvalue weighted by molar-refractivity contribution is -0.144. The fraction of sp³-hybridized carbons (Fsp3) is 0.350. The van der Waals surface area contributed by atoms with Gasteiger partial charge in [-0.1, -0.05) is 17.7 Å². The van der Waals surface area contributed by atoms with Crippen LogP contribution in [0.2, 0.25) is 0 Å². The lowest BCUT2D eigenvalue weighted by atomic mass is 9.81. The number of hydrogen-bond donors (Lipinski definition) is 1. The van der Waals surface area contributed by atoms with E-state index in [1.165, 1.54) is 25.1 Å². The van der Waals surface area contributed by atoms with Crippen molar-refractivity contribution in [2.24, 2.45) is 0 Å². The topological polar surface area (TPSA) is 121 Å². The largest absolute Gasteiger partial charge is 0.533 e. The summed E-state index contributed by atoms with van der Waals surface area (Å²) in [6.45, 7) is 6.29. The molecular formula is C20H21N2O6S-. The quantitative estimate of drug-likeness (QED) is 0.749. The molecule has 154 valence electrons. The minimum absolute atomic E-state index is 0.00422. The van der Waals surface area contributed by atoms with Crippen LogP contribution in [0.1, 0.15) is 32.8 Å². The van der Waals surface area contributed by atoms with Gasteiger partial charge in [-0.15, -0.1) is 0 Å². The first-order valence-corrected chi connectivity index (χ1v) is 10.4. The van der Waals surface area contributed by atoms with Crippen LogP contribution >= 0.6 is 0 Å². The second-order valence-electron chi connectivity index (χ2n) is 7.24. The van der Waals surface area contributed by atoms with Gasteiger partial charge in [0.2, 0.25) is 11.7 Å². The summed E-state index contributed by atoms with van der Waals surface area (Å²) in [6.07, 6.45) is 1.28. The van der Waals surface area contributed by atoms with Crippen LogP contribution in [-0.4, -0.2) is 37.7 Å². The molecule has 29 heavy (non-hydrogen) atoms. The van der Waals surface area contributed by atoms with Gasteiger partial charge in [-0.25, -0.2) is 8.42 Å². The fourth-order valence-electron chi connectivity index (χ4n) is 3.38. The standard InChI is InChI=1S/C20H21N2O6S/c1-11-5-7-15(8-6-11)29(26,27)22-17-10-20(28-19(17)25)9-16(21-14(4)23)18(24)12(2)13(20)3/h5-9,17H,10H2,1-4H3,(H,21,23)/q-1/t17-,20-/m0/s1. The third kappa shape index (κ3) is 3.88. The monoisotopic (exact) mass is 417 g/mol. The van der Waals surface area contributed by atoms with E-state index in [0.29, 0.717) is 11.1 Å². The van der Waals surface area contributed by atoms with Crippen molar-refractivity contribution in [2.45, 2.75) is 50.7 Å². The predicted octanol–water partition coefficient (Wildman–Crippen LogP) is 2.05. The maximum Gasteiger partial charge on any atom is 0.290 e. The van der Waals surface area contributed by atoms with Crippen molar-refractivity contribution in [1.29, 1.82) is 0 Å². The SMILES string of the molecule is CC(=O)NC1=C[C@]2(C[C@H]([N-]S(=O)(=O)c3ccc(C)cc3)C(=O)O2)C(C)=C(C)C1=O. The molecule has 9 heteroatoms. The first-order valence-electron chi connectivity index (χ1n) is 8.95. The maximum atomic E-state index is 12.6. The summed E-state index contributed by atoms with van der Waals surface area (Å²) in [5, 5.41) is 2.44. The summed E-state index contributed by atoms with van der Waals surface area (Å²) in [5.41, 5.74) is 0.364. The molecule has 8 nitrogen and oxygen atoms in total.